The second-order valence-electron chi connectivity index (χ2n) is 7.07. The minimum atomic E-state index is -0.886. The maximum absolute atomic E-state index is 14.1. The molecule has 2 heterocycles. The van der Waals surface area contributed by atoms with Gasteiger partial charge in [0.25, 0.3) is 17.4 Å². The lowest BCUT2D eigenvalue weighted by molar-refractivity contribution is 0.0634. The maximum Gasteiger partial charge on any atom is 0.412 e. The summed E-state index contributed by atoms with van der Waals surface area (Å²) in [5, 5.41) is 4.31. The van der Waals surface area contributed by atoms with Gasteiger partial charge in [0.2, 0.25) is 0 Å². The van der Waals surface area contributed by atoms with Gasteiger partial charge in [0.15, 0.2) is 0 Å². The van der Waals surface area contributed by atoms with Crippen molar-refractivity contribution in [2.75, 3.05) is 11.1 Å². The lowest BCUT2D eigenvalue weighted by atomic mass is 10.1. The number of carbonyl (C=O) groups excluding carboxylic acids is 3. The van der Waals surface area contributed by atoms with Gasteiger partial charge in [-0.25, -0.2) is 9.18 Å². The number of benzene rings is 1. The molecule has 1 aliphatic heterocycles. The van der Waals surface area contributed by atoms with E-state index in [-0.39, 0.29) is 28.3 Å². The molecule has 1 aromatic carbocycles. The Balaban J connectivity index is 2.06. The van der Waals surface area contributed by atoms with E-state index >= 15 is 0 Å². The highest BCUT2D eigenvalue weighted by Gasteiger charge is 2.32. The Labute approximate surface area is 158 Å². The number of nitrogen functional groups attached to an aromatic ring is 1. The number of anilines is 2. The summed E-state index contributed by atoms with van der Waals surface area (Å²) in [7, 11) is 0. The predicted molar refractivity (Wildman–Crippen MR) is 98.1 cm³/mol. The molecule has 0 atom stereocenters. The molecule has 0 saturated heterocycles. The molecule has 4 N–H and O–H groups in total. The van der Waals surface area contributed by atoms with Gasteiger partial charge in [-0.2, -0.15) is 0 Å². The molecule has 3 rings (SSSR count). The van der Waals surface area contributed by atoms with Crippen molar-refractivity contribution in [2.24, 2.45) is 0 Å². The van der Waals surface area contributed by atoms with Crippen LogP contribution < -0.4 is 21.9 Å². The van der Waals surface area contributed by atoms with Crippen LogP contribution in [-0.2, 0) is 4.74 Å². The summed E-state index contributed by atoms with van der Waals surface area (Å²) in [5.74, 6) is -2.50. The molecule has 28 heavy (non-hydrogen) atoms. The van der Waals surface area contributed by atoms with E-state index < -0.39 is 34.9 Å². The number of amides is 3. The molecule has 0 fully saturated rings. The third kappa shape index (κ3) is 3.43. The number of pyridine rings is 1. The number of ether oxygens (including phenoxy) is 1. The molecule has 2 aromatic rings. The Morgan fingerprint density at radius 1 is 1.18 bits per heavy atom. The van der Waals surface area contributed by atoms with Crippen LogP contribution in [0.1, 0.15) is 41.5 Å². The fourth-order valence-corrected chi connectivity index (χ4v) is 2.71. The van der Waals surface area contributed by atoms with Crippen LogP contribution in [0.25, 0.3) is 5.69 Å². The van der Waals surface area contributed by atoms with Crippen molar-refractivity contribution >= 4 is 29.4 Å². The first-order valence-corrected chi connectivity index (χ1v) is 8.19. The Hall–Kier alpha value is -3.69. The van der Waals surface area contributed by atoms with E-state index in [1.807, 2.05) is 0 Å². The number of hydrogen-bond acceptors (Lipinski definition) is 6. The zero-order valence-electron chi connectivity index (χ0n) is 15.3. The van der Waals surface area contributed by atoms with Crippen LogP contribution in [0.5, 0.6) is 0 Å². The van der Waals surface area contributed by atoms with E-state index in [1.165, 1.54) is 6.07 Å². The van der Waals surface area contributed by atoms with Gasteiger partial charge < -0.3 is 10.5 Å². The van der Waals surface area contributed by atoms with E-state index in [0.717, 1.165) is 22.8 Å². The van der Waals surface area contributed by atoms with Crippen LogP contribution in [-0.4, -0.2) is 28.1 Å². The first kappa shape index (κ1) is 19.1. The summed E-state index contributed by atoms with van der Waals surface area (Å²) >= 11 is 0. The van der Waals surface area contributed by atoms with Gasteiger partial charge in [0.1, 0.15) is 17.2 Å². The van der Waals surface area contributed by atoms with Gasteiger partial charge in [-0.1, -0.05) is 0 Å². The molecule has 10 heteroatoms. The summed E-state index contributed by atoms with van der Waals surface area (Å²) in [6.07, 6.45) is -0.886. The fourth-order valence-electron chi connectivity index (χ4n) is 2.71. The number of nitrogens with two attached hydrogens (primary N) is 1. The van der Waals surface area contributed by atoms with Gasteiger partial charge in [-0.15, -0.1) is 0 Å². The quantitative estimate of drug-likeness (QED) is 0.672. The maximum atomic E-state index is 14.1. The highest BCUT2D eigenvalue weighted by atomic mass is 19.1. The monoisotopic (exact) mass is 388 g/mol. The standard InChI is InChI=1S/C18H17FN4O5/c1-18(2,3)28-17(27)21-11-6-8(4-5-10(11)19)23-12(24)7-9-13(14(23)20)16(26)22-15(9)25/h4-7H,20H2,1-3H3,(H,21,27)(H,22,25,26). The van der Waals surface area contributed by atoms with Crippen molar-refractivity contribution in [3.05, 3.63) is 51.6 Å². The molecular formula is C18H17FN4O5. The average Bonchev–Trinajstić information content (AvgIpc) is 2.82. The van der Waals surface area contributed by atoms with Gasteiger partial charge in [0, 0.05) is 6.07 Å². The number of nitrogens with zero attached hydrogens (tertiary/aromatic N) is 1. The molecule has 9 nitrogen and oxygen atoms in total. The molecule has 0 saturated carbocycles. The smallest absolute Gasteiger partial charge is 0.412 e. The average molecular weight is 388 g/mol. The van der Waals surface area contributed by atoms with Gasteiger partial charge in [-0.05, 0) is 39.0 Å². The first-order valence-electron chi connectivity index (χ1n) is 8.19. The highest BCUT2D eigenvalue weighted by Crippen LogP contribution is 2.25. The van der Waals surface area contributed by atoms with Crippen molar-refractivity contribution < 1.29 is 23.5 Å². The largest absolute Gasteiger partial charge is 0.444 e. The van der Waals surface area contributed by atoms with E-state index in [2.05, 4.69) is 10.6 Å². The number of imide groups is 1. The summed E-state index contributed by atoms with van der Waals surface area (Å²) < 4.78 is 20.1. The second kappa shape index (κ2) is 6.48. The van der Waals surface area contributed by atoms with E-state index in [4.69, 9.17) is 10.5 Å². The van der Waals surface area contributed by atoms with Crippen LogP contribution in [0.15, 0.2) is 29.1 Å². The van der Waals surface area contributed by atoms with Crippen LogP contribution in [0.4, 0.5) is 20.7 Å². The molecule has 0 aliphatic carbocycles. The Morgan fingerprint density at radius 2 is 1.86 bits per heavy atom. The molecule has 146 valence electrons. The van der Waals surface area contributed by atoms with E-state index in [9.17, 15) is 23.6 Å². The molecule has 0 bridgehead atoms. The molecule has 1 aliphatic rings. The number of rotatable bonds is 2. The fraction of sp³-hybridized carbons (Fsp3) is 0.222. The molecule has 0 spiro atoms. The second-order valence-corrected chi connectivity index (χ2v) is 7.07. The third-order valence-corrected chi connectivity index (χ3v) is 3.80. The zero-order chi connectivity index (χ0) is 20.8. The molecule has 0 unspecified atom stereocenters. The van der Waals surface area contributed by atoms with Crippen LogP contribution in [0.3, 0.4) is 0 Å². The van der Waals surface area contributed by atoms with Crippen molar-refractivity contribution in [3.8, 4) is 5.69 Å². The lowest BCUT2D eigenvalue weighted by Crippen LogP contribution is -2.28. The number of hydrogen-bond donors (Lipinski definition) is 3. The molecule has 3 amide bonds. The van der Waals surface area contributed by atoms with Crippen molar-refractivity contribution in [1.82, 2.24) is 9.88 Å². The summed E-state index contributed by atoms with van der Waals surface area (Å²) in [4.78, 5) is 48.0. The summed E-state index contributed by atoms with van der Waals surface area (Å²) in [6, 6.07) is 4.40. The zero-order valence-corrected chi connectivity index (χ0v) is 15.3. The Bertz CT molecular complexity index is 1080. The van der Waals surface area contributed by atoms with Crippen LogP contribution >= 0.6 is 0 Å². The number of nitrogens with one attached hydrogen (secondary N) is 2. The summed E-state index contributed by atoms with van der Waals surface area (Å²) in [5.41, 5.74) is 4.01. The first-order chi connectivity index (χ1) is 13.0. The molecule has 1 aromatic heterocycles. The van der Waals surface area contributed by atoms with Crippen molar-refractivity contribution in [3.63, 3.8) is 0 Å². The molecule has 0 radical (unpaired) electrons. The third-order valence-electron chi connectivity index (χ3n) is 3.80. The minimum Gasteiger partial charge on any atom is -0.444 e. The van der Waals surface area contributed by atoms with E-state index in [1.54, 1.807) is 20.8 Å². The normalized spacial score (nSPS) is 13.1. The summed E-state index contributed by atoms with van der Waals surface area (Å²) in [6.45, 7) is 4.95. The number of halogens is 1. The van der Waals surface area contributed by atoms with Gasteiger partial charge in [-0.3, -0.25) is 29.6 Å². The number of fused-ring (bicyclic) bond motifs is 1. The van der Waals surface area contributed by atoms with Crippen molar-refractivity contribution in [2.45, 2.75) is 26.4 Å². The van der Waals surface area contributed by atoms with E-state index in [0.29, 0.717) is 0 Å². The topological polar surface area (TPSA) is 133 Å². The van der Waals surface area contributed by atoms with Crippen LogP contribution in [0, 0.1) is 5.82 Å². The van der Waals surface area contributed by atoms with Crippen molar-refractivity contribution in [1.29, 1.82) is 0 Å². The highest BCUT2D eigenvalue weighted by molar-refractivity contribution is 6.23. The van der Waals surface area contributed by atoms with Gasteiger partial charge >= 0.3 is 6.09 Å². The lowest BCUT2D eigenvalue weighted by Gasteiger charge is -2.20. The SMILES string of the molecule is CC(C)(C)OC(=O)Nc1cc(-n2c(N)c3c(cc2=O)C(=O)NC3=O)ccc1F. The predicted octanol–water partition coefficient (Wildman–Crippen LogP) is 1.79. The minimum absolute atomic E-state index is 0.0879. The van der Waals surface area contributed by atoms with Gasteiger partial charge in [0.05, 0.1) is 22.5 Å². The number of aromatic nitrogens is 1. The van der Waals surface area contributed by atoms with Crippen LogP contribution in [0.2, 0.25) is 0 Å². The molecular weight excluding hydrogens is 371 g/mol. The Kier molecular flexibility index (Phi) is 4.42. The Morgan fingerprint density at radius 3 is 2.50 bits per heavy atom. The number of carbonyl (C=O) groups is 3.